The number of aromatic nitrogens is 2. The Bertz CT molecular complexity index is 712. The minimum Gasteiger partial charge on any atom is -0.473 e. The number of piperidine rings is 1. The van der Waals surface area contributed by atoms with Crippen LogP contribution < -0.4 is 10.1 Å². The quantitative estimate of drug-likeness (QED) is 0.780. The summed E-state index contributed by atoms with van der Waals surface area (Å²) < 4.78 is 8.31. The number of nitrogens with one attached hydrogen (secondary N) is 1. The molecule has 4 rings (SSSR count). The lowest BCUT2D eigenvalue weighted by atomic mass is 10.1. The third-order valence-electron chi connectivity index (χ3n) is 3.60. The first-order valence-electron chi connectivity index (χ1n) is 6.63. The molecule has 1 aliphatic rings. The second kappa shape index (κ2) is 4.51. The lowest BCUT2D eigenvalue weighted by Crippen LogP contribution is -2.34. The maximum Gasteiger partial charge on any atom is 0.239 e. The van der Waals surface area contributed by atoms with Crippen molar-refractivity contribution in [3.8, 4) is 5.88 Å². The van der Waals surface area contributed by atoms with Gasteiger partial charge in [-0.3, -0.25) is 0 Å². The van der Waals surface area contributed by atoms with Crippen molar-refractivity contribution in [1.29, 1.82) is 0 Å². The molecule has 19 heavy (non-hydrogen) atoms. The molecule has 3 aromatic rings. The number of fused-ring (bicyclic) bond motifs is 3. The second-order valence-electron chi connectivity index (χ2n) is 4.86. The number of nitrogens with zero attached hydrogens (tertiary/aromatic N) is 2. The molecule has 0 aromatic carbocycles. The number of thiophene rings is 1. The van der Waals surface area contributed by atoms with E-state index in [2.05, 4.69) is 38.4 Å². The summed E-state index contributed by atoms with van der Waals surface area (Å²) in [4.78, 5) is 5.86. The molecule has 0 radical (unpaired) electrons. The highest BCUT2D eigenvalue weighted by Gasteiger charge is 2.18. The van der Waals surface area contributed by atoms with Gasteiger partial charge in [-0.1, -0.05) is 0 Å². The summed E-state index contributed by atoms with van der Waals surface area (Å²) in [5, 5.41) is 5.43. The predicted molar refractivity (Wildman–Crippen MR) is 77.1 cm³/mol. The van der Waals surface area contributed by atoms with Crippen LogP contribution in [0.5, 0.6) is 5.88 Å². The molecule has 0 saturated carbocycles. The van der Waals surface area contributed by atoms with Crippen LogP contribution in [-0.4, -0.2) is 28.6 Å². The minimum atomic E-state index is 0.281. The van der Waals surface area contributed by atoms with E-state index in [0.29, 0.717) is 0 Å². The fourth-order valence-corrected chi connectivity index (χ4v) is 3.45. The van der Waals surface area contributed by atoms with Gasteiger partial charge in [0, 0.05) is 6.20 Å². The van der Waals surface area contributed by atoms with Crippen LogP contribution in [0.4, 0.5) is 0 Å². The van der Waals surface area contributed by atoms with Gasteiger partial charge in [0.05, 0.1) is 0 Å². The molecular formula is C14H15N3OS. The summed E-state index contributed by atoms with van der Waals surface area (Å²) in [5.74, 6) is 0.766. The second-order valence-corrected chi connectivity index (χ2v) is 5.75. The molecule has 0 atom stereocenters. The summed E-state index contributed by atoms with van der Waals surface area (Å²) >= 11 is 1.71. The minimum absolute atomic E-state index is 0.281. The first kappa shape index (κ1) is 11.3. The predicted octanol–water partition coefficient (Wildman–Crippen LogP) is 2.68. The Labute approximate surface area is 115 Å². The highest BCUT2D eigenvalue weighted by molar-refractivity contribution is 7.16. The topological polar surface area (TPSA) is 38.6 Å². The number of hydrogen-bond donors (Lipinski definition) is 1. The maximum absolute atomic E-state index is 6.14. The Morgan fingerprint density at radius 3 is 3.11 bits per heavy atom. The largest absolute Gasteiger partial charge is 0.473 e. The smallest absolute Gasteiger partial charge is 0.239 e. The third-order valence-corrected chi connectivity index (χ3v) is 4.50. The average molecular weight is 273 g/mol. The summed E-state index contributed by atoms with van der Waals surface area (Å²) in [6.07, 6.45) is 4.46. The van der Waals surface area contributed by atoms with Crippen molar-refractivity contribution in [3.63, 3.8) is 0 Å². The Balaban J connectivity index is 1.79. The van der Waals surface area contributed by atoms with Crippen LogP contribution in [-0.2, 0) is 0 Å². The van der Waals surface area contributed by atoms with Crippen LogP contribution >= 0.6 is 11.3 Å². The van der Waals surface area contributed by atoms with E-state index >= 15 is 0 Å². The van der Waals surface area contributed by atoms with Gasteiger partial charge in [0.25, 0.3) is 0 Å². The zero-order valence-corrected chi connectivity index (χ0v) is 11.3. The standard InChI is InChI=1S/C14H15N3OS/c1-2-12-13(18-10-3-6-15-7-4-10)16-11-5-9-19-14(11)17(12)8-1/h1-2,5,8-10,15H,3-4,6-7H2. The molecule has 3 aromatic heterocycles. The molecule has 5 heteroatoms. The normalized spacial score (nSPS) is 17.3. The number of hydrogen-bond acceptors (Lipinski definition) is 4. The molecule has 4 heterocycles. The summed E-state index contributed by atoms with van der Waals surface area (Å²) in [7, 11) is 0. The molecule has 0 spiro atoms. The Morgan fingerprint density at radius 1 is 1.32 bits per heavy atom. The lowest BCUT2D eigenvalue weighted by Gasteiger charge is -2.23. The Kier molecular flexibility index (Phi) is 2.67. The molecule has 0 unspecified atom stereocenters. The molecule has 0 bridgehead atoms. The van der Waals surface area contributed by atoms with Gasteiger partial charge in [-0.2, -0.15) is 0 Å². The van der Waals surface area contributed by atoms with E-state index < -0.39 is 0 Å². The van der Waals surface area contributed by atoms with Crippen LogP contribution in [0.15, 0.2) is 29.8 Å². The van der Waals surface area contributed by atoms with Crippen molar-refractivity contribution in [1.82, 2.24) is 14.7 Å². The molecule has 0 amide bonds. The molecular weight excluding hydrogens is 258 g/mol. The van der Waals surface area contributed by atoms with E-state index in [1.807, 2.05) is 6.07 Å². The van der Waals surface area contributed by atoms with Crippen molar-refractivity contribution in [3.05, 3.63) is 29.8 Å². The molecule has 4 nitrogen and oxygen atoms in total. The van der Waals surface area contributed by atoms with E-state index in [0.717, 1.165) is 42.8 Å². The van der Waals surface area contributed by atoms with Crippen molar-refractivity contribution < 1.29 is 4.74 Å². The Hall–Kier alpha value is -1.59. The molecule has 1 aliphatic heterocycles. The summed E-state index contributed by atoms with van der Waals surface area (Å²) in [6.45, 7) is 2.06. The highest BCUT2D eigenvalue weighted by Crippen LogP contribution is 2.28. The van der Waals surface area contributed by atoms with Gasteiger partial charge in [-0.15, -0.1) is 11.3 Å². The van der Waals surface area contributed by atoms with Gasteiger partial charge in [0.1, 0.15) is 22.0 Å². The van der Waals surface area contributed by atoms with Gasteiger partial charge in [-0.25, -0.2) is 4.98 Å². The summed E-state index contributed by atoms with van der Waals surface area (Å²) in [6, 6.07) is 6.17. The van der Waals surface area contributed by atoms with Crippen LogP contribution in [0, 0.1) is 0 Å². The number of rotatable bonds is 2. The van der Waals surface area contributed by atoms with Crippen molar-refractivity contribution in [2.45, 2.75) is 18.9 Å². The third kappa shape index (κ3) is 1.89. The van der Waals surface area contributed by atoms with E-state index in [9.17, 15) is 0 Å². The number of ether oxygens (including phenoxy) is 1. The van der Waals surface area contributed by atoms with E-state index in [1.54, 1.807) is 11.3 Å². The molecule has 1 saturated heterocycles. The van der Waals surface area contributed by atoms with Gasteiger partial charge >= 0.3 is 0 Å². The van der Waals surface area contributed by atoms with Gasteiger partial charge in [-0.05, 0) is 49.5 Å². The maximum atomic E-state index is 6.14. The van der Waals surface area contributed by atoms with Crippen LogP contribution in [0.1, 0.15) is 12.8 Å². The Morgan fingerprint density at radius 2 is 2.21 bits per heavy atom. The zero-order valence-electron chi connectivity index (χ0n) is 10.5. The van der Waals surface area contributed by atoms with E-state index in [4.69, 9.17) is 4.74 Å². The van der Waals surface area contributed by atoms with Gasteiger partial charge in [0.2, 0.25) is 5.88 Å². The first-order chi connectivity index (χ1) is 9.42. The molecule has 1 fully saturated rings. The van der Waals surface area contributed by atoms with Crippen molar-refractivity contribution in [2.24, 2.45) is 0 Å². The van der Waals surface area contributed by atoms with E-state index in [-0.39, 0.29) is 6.10 Å². The fraction of sp³-hybridized carbons (Fsp3) is 0.357. The summed E-state index contributed by atoms with van der Waals surface area (Å²) in [5.41, 5.74) is 2.08. The molecule has 1 N–H and O–H groups in total. The van der Waals surface area contributed by atoms with Crippen molar-refractivity contribution >= 4 is 27.2 Å². The lowest BCUT2D eigenvalue weighted by molar-refractivity contribution is 0.158. The monoisotopic (exact) mass is 273 g/mol. The molecule has 0 aliphatic carbocycles. The van der Waals surface area contributed by atoms with Crippen LogP contribution in [0.2, 0.25) is 0 Å². The fourth-order valence-electron chi connectivity index (χ4n) is 2.62. The van der Waals surface area contributed by atoms with Crippen molar-refractivity contribution in [2.75, 3.05) is 13.1 Å². The van der Waals surface area contributed by atoms with E-state index in [1.165, 1.54) is 4.83 Å². The SMILES string of the molecule is c1cc2c(OC3CCNCC3)nc3ccsc3n2c1. The van der Waals surface area contributed by atoms with Gasteiger partial charge < -0.3 is 14.5 Å². The first-order valence-corrected chi connectivity index (χ1v) is 7.51. The molecule has 98 valence electrons. The highest BCUT2D eigenvalue weighted by atomic mass is 32.1. The average Bonchev–Trinajstić information content (AvgIpc) is 3.07. The zero-order chi connectivity index (χ0) is 12.7. The van der Waals surface area contributed by atoms with Crippen LogP contribution in [0.3, 0.4) is 0 Å². The van der Waals surface area contributed by atoms with Gasteiger partial charge in [0.15, 0.2) is 0 Å². The van der Waals surface area contributed by atoms with Crippen LogP contribution in [0.25, 0.3) is 15.9 Å².